The molecule has 0 atom stereocenters. The summed E-state index contributed by atoms with van der Waals surface area (Å²) >= 11 is 0. The monoisotopic (exact) mass is 284 g/mol. The second-order valence-corrected chi connectivity index (χ2v) is 4.61. The summed E-state index contributed by atoms with van der Waals surface area (Å²) in [5, 5.41) is 25.2. The van der Waals surface area contributed by atoms with Crippen LogP contribution < -0.4 is 15.4 Å². The number of rotatable bonds is 9. The second-order valence-electron chi connectivity index (χ2n) is 4.61. The van der Waals surface area contributed by atoms with E-state index in [2.05, 4.69) is 27.5 Å². The molecule has 1 aromatic rings. The largest absolute Gasteiger partial charge is 0.490 e. The van der Waals surface area contributed by atoms with Gasteiger partial charge in [-0.2, -0.15) is 0 Å². The third kappa shape index (κ3) is 3.71. The first-order valence-corrected chi connectivity index (χ1v) is 6.79. The zero-order valence-electron chi connectivity index (χ0n) is 12.3. The van der Waals surface area contributed by atoms with Crippen LogP contribution in [-0.4, -0.2) is 52.6 Å². The Hall–Kier alpha value is -1.60. The Balaban J connectivity index is 3.05. The molecule has 0 fully saturated rings. The molecule has 0 aliphatic rings. The predicted molar refractivity (Wildman–Crippen MR) is 78.2 cm³/mol. The van der Waals surface area contributed by atoms with Crippen molar-refractivity contribution in [2.75, 3.05) is 37.5 Å². The number of aliphatic hydroxyl groups is 2. The van der Waals surface area contributed by atoms with Gasteiger partial charge in [-0.15, -0.1) is 0 Å². The number of aromatic nitrogens is 2. The minimum atomic E-state index is -0.830. The zero-order valence-corrected chi connectivity index (χ0v) is 12.3. The van der Waals surface area contributed by atoms with Crippen LogP contribution in [0.4, 0.5) is 11.6 Å². The molecule has 1 rings (SSSR count). The lowest BCUT2D eigenvalue weighted by Gasteiger charge is -2.31. The molecule has 0 amide bonds. The Labute approximate surface area is 119 Å². The molecule has 0 aliphatic heterocycles. The van der Waals surface area contributed by atoms with E-state index in [4.69, 9.17) is 4.74 Å². The highest BCUT2D eigenvalue weighted by Gasteiger charge is 2.28. The fourth-order valence-electron chi connectivity index (χ4n) is 1.72. The molecule has 7 nitrogen and oxygen atoms in total. The number of methoxy groups -OCH3 is 1. The lowest BCUT2D eigenvalue weighted by atomic mass is 9.98. The van der Waals surface area contributed by atoms with Gasteiger partial charge < -0.3 is 25.6 Å². The van der Waals surface area contributed by atoms with Crippen LogP contribution in [0.3, 0.4) is 0 Å². The van der Waals surface area contributed by atoms with Crippen molar-refractivity contribution in [1.82, 2.24) is 9.97 Å². The molecule has 114 valence electrons. The minimum Gasteiger partial charge on any atom is -0.490 e. The van der Waals surface area contributed by atoms with E-state index in [0.29, 0.717) is 23.8 Å². The molecule has 1 aromatic heterocycles. The van der Waals surface area contributed by atoms with Crippen molar-refractivity contribution in [2.45, 2.75) is 32.2 Å². The Morgan fingerprint density at radius 2 is 1.85 bits per heavy atom. The van der Waals surface area contributed by atoms with E-state index in [-0.39, 0.29) is 13.2 Å². The molecule has 0 spiro atoms. The molecule has 0 aromatic carbocycles. The van der Waals surface area contributed by atoms with E-state index in [1.54, 1.807) is 0 Å². The zero-order chi connectivity index (χ0) is 15.0. The van der Waals surface area contributed by atoms with Gasteiger partial charge in [0.15, 0.2) is 11.6 Å². The summed E-state index contributed by atoms with van der Waals surface area (Å²) in [5.41, 5.74) is -0.830. The molecule has 0 radical (unpaired) electrons. The molecule has 0 saturated heterocycles. The van der Waals surface area contributed by atoms with Crippen molar-refractivity contribution >= 4 is 11.6 Å². The van der Waals surface area contributed by atoms with Gasteiger partial charge in [-0.05, 0) is 12.8 Å². The molecule has 0 bridgehead atoms. The molecular weight excluding hydrogens is 260 g/mol. The summed E-state index contributed by atoms with van der Waals surface area (Å²) in [6.45, 7) is 4.30. The van der Waals surface area contributed by atoms with Crippen LogP contribution in [0.1, 0.15) is 26.7 Å². The number of aliphatic hydroxyl groups excluding tert-OH is 2. The summed E-state index contributed by atoms with van der Waals surface area (Å²) in [4.78, 5) is 8.28. The van der Waals surface area contributed by atoms with Gasteiger partial charge in [0.2, 0.25) is 5.75 Å². The van der Waals surface area contributed by atoms with Crippen LogP contribution in [0.25, 0.3) is 0 Å². The van der Waals surface area contributed by atoms with Gasteiger partial charge in [0.1, 0.15) is 6.33 Å². The lowest BCUT2D eigenvalue weighted by Crippen LogP contribution is -2.45. The van der Waals surface area contributed by atoms with E-state index in [1.165, 1.54) is 13.4 Å². The Morgan fingerprint density at radius 3 is 2.35 bits per heavy atom. The third-order valence-corrected chi connectivity index (χ3v) is 3.22. The van der Waals surface area contributed by atoms with Crippen molar-refractivity contribution in [3.8, 4) is 5.75 Å². The quantitative estimate of drug-likeness (QED) is 0.533. The number of nitrogens with zero attached hydrogens (tertiary/aromatic N) is 2. The molecular formula is C13H24N4O3. The Morgan fingerprint density at radius 1 is 1.20 bits per heavy atom. The summed E-state index contributed by atoms with van der Waals surface area (Å²) in [7, 11) is 1.53. The smallest absolute Gasteiger partial charge is 0.204 e. The summed E-state index contributed by atoms with van der Waals surface area (Å²) in [6.07, 6.45) is 2.92. The van der Waals surface area contributed by atoms with E-state index in [0.717, 1.165) is 13.0 Å². The molecule has 7 heteroatoms. The van der Waals surface area contributed by atoms with Gasteiger partial charge in [-0.3, -0.25) is 0 Å². The van der Waals surface area contributed by atoms with Crippen molar-refractivity contribution in [2.24, 2.45) is 0 Å². The molecule has 0 aliphatic carbocycles. The number of hydrogen-bond acceptors (Lipinski definition) is 7. The highest BCUT2D eigenvalue weighted by Crippen LogP contribution is 2.31. The van der Waals surface area contributed by atoms with Gasteiger partial charge >= 0.3 is 0 Å². The van der Waals surface area contributed by atoms with Gasteiger partial charge in [0.25, 0.3) is 0 Å². The van der Waals surface area contributed by atoms with Gasteiger partial charge in [-0.1, -0.05) is 13.8 Å². The van der Waals surface area contributed by atoms with Crippen LogP contribution in [-0.2, 0) is 0 Å². The lowest BCUT2D eigenvalue weighted by molar-refractivity contribution is 0.132. The normalized spacial score (nSPS) is 11.2. The van der Waals surface area contributed by atoms with Crippen LogP contribution in [0.15, 0.2) is 6.33 Å². The van der Waals surface area contributed by atoms with Gasteiger partial charge in [-0.25, -0.2) is 9.97 Å². The maximum absolute atomic E-state index is 9.49. The standard InChI is InChI=1S/C13H24N4O3/c1-4-6-14-11-10(20-3)12(16-9-15-11)17-13(5-2,7-18)8-19/h9,18-19H,4-8H2,1-3H3,(H2,14,15,16,17). The summed E-state index contributed by atoms with van der Waals surface area (Å²) in [5.74, 6) is 1.51. The van der Waals surface area contributed by atoms with Crippen molar-refractivity contribution in [1.29, 1.82) is 0 Å². The van der Waals surface area contributed by atoms with Gasteiger partial charge in [0, 0.05) is 6.54 Å². The average molecular weight is 284 g/mol. The van der Waals surface area contributed by atoms with Crippen LogP contribution >= 0.6 is 0 Å². The molecule has 4 N–H and O–H groups in total. The van der Waals surface area contributed by atoms with E-state index >= 15 is 0 Å². The fraction of sp³-hybridized carbons (Fsp3) is 0.692. The first kappa shape index (κ1) is 16.5. The number of ether oxygens (including phenoxy) is 1. The number of anilines is 2. The van der Waals surface area contributed by atoms with Gasteiger partial charge in [0.05, 0.1) is 25.9 Å². The highest BCUT2D eigenvalue weighted by atomic mass is 16.5. The van der Waals surface area contributed by atoms with Crippen LogP contribution in [0, 0.1) is 0 Å². The fourth-order valence-corrected chi connectivity index (χ4v) is 1.72. The minimum absolute atomic E-state index is 0.203. The predicted octanol–water partition coefficient (Wildman–Crippen LogP) is 0.852. The summed E-state index contributed by atoms with van der Waals surface area (Å²) < 4.78 is 5.34. The van der Waals surface area contributed by atoms with Crippen molar-refractivity contribution < 1.29 is 14.9 Å². The molecule has 20 heavy (non-hydrogen) atoms. The topological polar surface area (TPSA) is 99.5 Å². The van der Waals surface area contributed by atoms with Crippen LogP contribution in [0.2, 0.25) is 0 Å². The first-order valence-electron chi connectivity index (χ1n) is 6.79. The van der Waals surface area contributed by atoms with E-state index < -0.39 is 5.54 Å². The van der Waals surface area contributed by atoms with E-state index in [9.17, 15) is 10.2 Å². The number of nitrogens with one attached hydrogen (secondary N) is 2. The van der Waals surface area contributed by atoms with E-state index in [1.807, 2.05) is 6.92 Å². The third-order valence-electron chi connectivity index (χ3n) is 3.22. The highest BCUT2D eigenvalue weighted by molar-refractivity contribution is 5.64. The van der Waals surface area contributed by atoms with Crippen LogP contribution in [0.5, 0.6) is 5.75 Å². The maximum Gasteiger partial charge on any atom is 0.204 e. The Kier molecular flexibility index (Phi) is 6.47. The molecule has 0 saturated carbocycles. The Bertz CT molecular complexity index is 402. The number of hydrogen-bond donors (Lipinski definition) is 4. The van der Waals surface area contributed by atoms with Crippen molar-refractivity contribution in [3.63, 3.8) is 0 Å². The molecule has 1 heterocycles. The molecule has 0 unspecified atom stereocenters. The summed E-state index contributed by atoms with van der Waals surface area (Å²) in [6, 6.07) is 0. The maximum atomic E-state index is 9.49. The van der Waals surface area contributed by atoms with Crippen molar-refractivity contribution in [3.05, 3.63) is 6.33 Å². The average Bonchev–Trinajstić information content (AvgIpc) is 2.50. The first-order chi connectivity index (χ1) is 9.66. The second kappa shape index (κ2) is 7.86. The SMILES string of the molecule is CCCNc1ncnc(NC(CC)(CO)CO)c1OC.